The highest BCUT2D eigenvalue weighted by atomic mass is 127. The summed E-state index contributed by atoms with van der Waals surface area (Å²) in [5, 5.41) is 2.86. The Labute approximate surface area is 115 Å². The topological polar surface area (TPSA) is 55.1 Å². The number of hydrogen-bond acceptors (Lipinski definition) is 2. The normalized spacial score (nSPS) is 16.9. The first-order chi connectivity index (χ1) is 7.10. The minimum absolute atomic E-state index is 0. The maximum atomic E-state index is 11.8. The Hall–Kier alpha value is -0.330. The molecule has 0 aliphatic heterocycles. The molecular weight excluding hydrogens is 338 g/mol. The van der Waals surface area contributed by atoms with Crippen LogP contribution in [0.3, 0.4) is 0 Å². The third-order valence-corrected chi connectivity index (χ3v) is 3.45. The van der Waals surface area contributed by atoms with Gasteiger partial charge in [0.1, 0.15) is 0 Å². The predicted octanol–water partition coefficient (Wildman–Crippen LogP) is 2.53. The van der Waals surface area contributed by atoms with Gasteiger partial charge in [0.2, 0.25) is 5.91 Å². The Morgan fingerprint density at radius 2 is 2.12 bits per heavy atom. The molecule has 1 saturated carbocycles. The lowest BCUT2D eigenvalue weighted by Crippen LogP contribution is -2.56. The summed E-state index contributed by atoms with van der Waals surface area (Å²) in [7, 11) is 0. The maximum Gasteiger partial charge on any atom is 0.244 e. The fourth-order valence-corrected chi connectivity index (χ4v) is 2.15. The summed E-state index contributed by atoms with van der Waals surface area (Å²) >= 11 is 2.21. The van der Waals surface area contributed by atoms with Crippen molar-refractivity contribution < 1.29 is 4.79 Å². The molecule has 0 aromatic heterocycles. The lowest BCUT2D eigenvalue weighted by molar-refractivity contribution is -0.123. The number of nitrogens with two attached hydrogens (primary N) is 1. The molecule has 1 fully saturated rings. The lowest BCUT2D eigenvalue weighted by Gasteiger charge is -2.36. The third kappa shape index (κ3) is 2.87. The summed E-state index contributed by atoms with van der Waals surface area (Å²) in [5.74, 6) is -0.0595. The van der Waals surface area contributed by atoms with Crippen LogP contribution in [-0.4, -0.2) is 11.4 Å². The standard InChI is InChI=1S/C11H13IN2O.ClH/c12-8-3-1-4-9(7-8)14-10(15)11(13)5-2-6-11;/h1,3-4,7H,2,5-6,13H2,(H,14,15);1H. The minimum Gasteiger partial charge on any atom is -0.324 e. The summed E-state index contributed by atoms with van der Waals surface area (Å²) in [5.41, 5.74) is 6.12. The fourth-order valence-electron chi connectivity index (χ4n) is 1.61. The summed E-state index contributed by atoms with van der Waals surface area (Å²) in [6.45, 7) is 0. The first-order valence-corrected chi connectivity index (χ1v) is 6.04. The molecule has 3 nitrogen and oxygen atoms in total. The zero-order valence-corrected chi connectivity index (χ0v) is 11.7. The van der Waals surface area contributed by atoms with Crippen LogP contribution >= 0.6 is 35.0 Å². The van der Waals surface area contributed by atoms with Crippen LogP contribution in [0.5, 0.6) is 0 Å². The fraction of sp³-hybridized carbons (Fsp3) is 0.364. The second-order valence-corrected chi connectivity index (χ2v) is 5.22. The smallest absolute Gasteiger partial charge is 0.244 e. The van der Waals surface area contributed by atoms with Gasteiger partial charge < -0.3 is 11.1 Å². The highest BCUT2D eigenvalue weighted by Gasteiger charge is 2.40. The maximum absolute atomic E-state index is 11.8. The van der Waals surface area contributed by atoms with Gasteiger partial charge in [-0.1, -0.05) is 6.07 Å². The monoisotopic (exact) mass is 352 g/mol. The van der Waals surface area contributed by atoms with Crippen LogP contribution in [-0.2, 0) is 4.79 Å². The molecule has 0 atom stereocenters. The molecule has 16 heavy (non-hydrogen) atoms. The number of nitrogens with one attached hydrogen (secondary N) is 1. The highest BCUT2D eigenvalue weighted by Crippen LogP contribution is 2.30. The van der Waals surface area contributed by atoms with E-state index < -0.39 is 5.54 Å². The number of benzene rings is 1. The van der Waals surface area contributed by atoms with Crippen LogP contribution < -0.4 is 11.1 Å². The molecule has 3 N–H and O–H groups in total. The van der Waals surface area contributed by atoms with E-state index >= 15 is 0 Å². The van der Waals surface area contributed by atoms with Crippen molar-refractivity contribution in [2.24, 2.45) is 5.73 Å². The van der Waals surface area contributed by atoms with Crippen molar-refractivity contribution in [3.05, 3.63) is 27.8 Å². The van der Waals surface area contributed by atoms with Crippen LogP contribution in [0.2, 0.25) is 0 Å². The molecule has 1 amide bonds. The Morgan fingerprint density at radius 1 is 1.44 bits per heavy atom. The first-order valence-electron chi connectivity index (χ1n) is 4.96. The molecule has 0 saturated heterocycles. The highest BCUT2D eigenvalue weighted by molar-refractivity contribution is 14.1. The minimum atomic E-state index is -0.624. The quantitative estimate of drug-likeness (QED) is 0.804. The summed E-state index contributed by atoms with van der Waals surface area (Å²) in [4.78, 5) is 11.8. The average Bonchev–Trinajstić information content (AvgIpc) is 2.14. The van der Waals surface area contributed by atoms with Crippen molar-refractivity contribution in [1.82, 2.24) is 0 Å². The van der Waals surface area contributed by atoms with Crippen molar-refractivity contribution in [3.8, 4) is 0 Å². The second-order valence-electron chi connectivity index (χ2n) is 3.97. The molecule has 0 spiro atoms. The van der Waals surface area contributed by atoms with E-state index in [1.807, 2.05) is 24.3 Å². The van der Waals surface area contributed by atoms with E-state index in [0.717, 1.165) is 28.5 Å². The molecule has 0 unspecified atom stereocenters. The van der Waals surface area contributed by atoms with E-state index in [2.05, 4.69) is 27.9 Å². The number of anilines is 1. The summed E-state index contributed by atoms with van der Waals surface area (Å²) in [6, 6.07) is 7.71. The molecule has 0 heterocycles. The number of carbonyl (C=O) groups is 1. The number of amides is 1. The second kappa shape index (κ2) is 5.33. The van der Waals surface area contributed by atoms with Crippen LogP contribution in [0.25, 0.3) is 0 Å². The Morgan fingerprint density at radius 3 is 2.62 bits per heavy atom. The largest absolute Gasteiger partial charge is 0.324 e. The van der Waals surface area contributed by atoms with Gasteiger partial charge in [-0.05, 0) is 60.1 Å². The van der Waals surface area contributed by atoms with Crippen molar-refractivity contribution in [3.63, 3.8) is 0 Å². The molecule has 1 aromatic rings. The molecular formula is C11H14ClIN2O. The Bertz CT molecular complexity index is 393. The van der Waals surface area contributed by atoms with Crippen LogP contribution in [0.1, 0.15) is 19.3 Å². The number of rotatable bonds is 2. The van der Waals surface area contributed by atoms with E-state index in [9.17, 15) is 4.79 Å². The van der Waals surface area contributed by atoms with Crippen LogP contribution in [0.4, 0.5) is 5.69 Å². The van der Waals surface area contributed by atoms with E-state index in [1.165, 1.54) is 0 Å². The number of halogens is 2. The SMILES string of the molecule is Cl.NC1(C(=O)Nc2cccc(I)c2)CCC1. The molecule has 0 radical (unpaired) electrons. The van der Waals surface area contributed by atoms with Gasteiger partial charge in [-0.25, -0.2) is 0 Å². The van der Waals surface area contributed by atoms with E-state index in [0.29, 0.717) is 0 Å². The molecule has 0 bridgehead atoms. The number of carbonyl (C=O) groups excluding carboxylic acids is 1. The van der Waals surface area contributed by atoms with E-state index in [-0.39, 0.29) is 18.3 Å². The molecule has 1 aromatic carbocycles. The molecule has 88 valence electrons. The van der Waals surface area contributed by atoms with Gasteiger partial charge >= 0.3 is 0 Å². The lowest BCUT2D eigenvalue weighted by atomic mass is 9.77. The van der Waals surface area contributed by atoms with Crippen LogP contribution in [0.15, 0.2) is 24.3 Å². The molecule has 1 aliphatic rings. The van der Waals surface area contributed by atoms with Gasteiger partial charge in [-0.2, -0.15) is 0 Å². The summed E-state index contributed by atoms with van der Waals surface area (Å²) in [6.07, 6.45) is 2.64. The van der Waals surface area contributed by atoms with Crippen molar-refractivity contribution in [2.75, 3.05) is 5.32 Å². The number of hydrogen-bond donors (Lipinski definition) is 2. The predicted molar refractivity (Wildman–Crippen MR) is 75.8 cm³/mol. The third-order valence-electron chi connectivity index (χ3n) is 2.78. The van der Waals surface area contributed by atoms with Crippen molar-refractivity contribution in [2.45, 2.75) is 24.8 Å². The zero-order chi connectivity index (χ0) is 10.9. The van der Waals surface area contributed by atoms with Gasteiger partial charge in [0, 0.05) is 9.26 Å². The van der Waals surface area contributed by atoms with Gasteiger partial charge in [0.15, 0.2) is 0 Å². The Kier molecular flexibility index (Phi) is 4.58. The van der Waals surface area contributed by atoms with Crippen molar-refractivity contribution >= 4 is 46.6 Å². The van der Waals surface area contributed by atoms with Gasteiger partial charge in [-0.3, -0.25) is 4.79 Å². The Balaban J connectivity index is 0.00000128. The van der Waals surface area contributed by atoms with E-state index in [1.54, 1.807) is 0 Å². The van der Waals surface area contributed by atoms with Gasteiger partial charge in [0.05, 0.1) is 5.54 Å². The molecule has 2 rings (SSSR count). The zero-order valence-electron chi connectivity index (χ0n) is 8.70. The average molecular weight is 353 g/mol. The summed E-state index contributed by atoms with van der Waals surface area (Å²) < 4.78 is 1.10. The van der Waals surface area contributed by atoms with Crippen LogP contribution in [0, 0.1) is 3.57 Å². The first kappa shape index (κ1) is 13.7. The van der Waals surface area contributed by atoms with Gasteiger partial charge in [-0.15, -0.1) is 12.4 Å². The van der Waals surface area contributed by atoms with Gasteiger partial charge in [0.25, 0.3) is 0 Å². The van der Waals surface area contributed by atoms with Crippen molar-refractivity contribution in [1.29, 1.82) is 0 Å². The molecule has 5 heteroatoms. The molecule has 1 aliphatic carbocycles. The van der Waals surface area contributed by atoms with E-state index in [4.69, 9.17) is 5.73 Å².